The lowest BCUT2D eigenvalue weighted by Gasteiger charge is -2.11. The van der Waals surface area contributed by atoms with Crippen LogP contribution in [0.25, 0.3) is 0 Å². The van der Waals surface area contributed by atoms with Gasteiger partial charge in [-0.25, -0.2) is 4.79 Å². The van der Waals surface area contributed by atoms with Gasteiger partial charge in [-0.15, -0.1) is 11.8 Å². The largest absolute Gasteiger partial charge is 0.478 e. The van der Waals surface area contributed by atoms with E-state index in [0.29, 0.717) is 29.0 Å². The van der Waals surface area contributed by atoms with Gasteiger partial charge in [-0.3, -0.25) is 4.79 Å². The standard InChI is InChI=1S/C19H21NO4S/c1-19(7-8-19)9-10-20-17(21)14-4-2-3-5-16(14)25-12-15-13(18(22)23)6-11-24-15/h2-6,11H,7-10,12H2,1H3,(H,20,21)(H,22,23). The van der Waals surface area contributed by atoms with Crippen molar-refractivity contribution in [1.82, 2.24) is 5.32 Å². The quantitative estimate of drug-likeness (QED) is 0.691. The summed E-state index contributed by atoms with van der Waals surface area (Å²) >= 11 is 1.40. The summed E-state index contributed by atoms with van der Waals surface area (Å²) < 4.78 is 5.26. The average molecular weight is 359 g/mol. The van der Waals surface area contributed by atoms with Gasteiger partial charge in [-0.1, -0.05) is 19.1 Å². The first kappa shape index (κ1) is 17.6. The van der Waals surface area contributed by atoms with Crippen LogP contribution in [0.3, 0.4) is 0 Å². The molecule has 1 aromatic carbocycles. The Bertz CT molecular complexity index is 779. The summed E-state index contributed by atoms with van der Waals surface area (Å²) in [5.74, 6) is -0.347. The van der Waals surface area contributed by atoms with E-state index >= 15 is 0 Å². The first-order valence-corrected chi connectivity index (χ1v) is 9.27. The van der Waals surface area contributed by atoms with E-state index in [1.54, 1.807) is 6.07 Å². The SMILES string of the molecule is CC1(CCNC(=O)c2ccccc2SCc2occc2C(=O)O)CC1. The second kappa shape index (κ2) is 7.35. The fourth-order valence-electron chi connectivity index (χ4n) is 2.60. The summed E-state index contributed by atoms with van der Waals surface area (Å²) in [5.41, 5.74) is 1.18. The molecule has 0 unspecified atom stereocenters. The lowest BCUT2D eigenvalue weighted by atomic mass is 10.1. The number of thioether (sulfide) groups is 1. The molecule has 1 saturated carbocycles. The van der Waals surface area contributed by atoms with Gasteiger partial charge in [0, 0.05) is 11.4 Å². The maximum Gasteiger partial charge on any atom is 0.339 e. The molecule has 132 valence electrons. The topological polar surface area (TPSA) is 79.5 Å². The van der Waals surface area contributed by atoms with Crippen LogP contribution >= 0.6 is 11.8 Å². The molecule has 6 heteroatoms. The van der Waals surface area contributed by atoms with Crippen molar-refractivity contribution in [3.8, 4) is 0 Å². The predicted octanol–water partition coefficient (Wildman–Crippen LogP) is 4.19. The molecule has 0 radical (unpaired) electrons. The summed E-state index contributed by atoms with van der Waals surface area (Å²) in [7, 11) is 0. The van der Waals surface area contributed by atoms with E-state index in [9.17, 15) is 9.59 Å². The summed E-state index contributed by atoms with van der Waals surface area (Å²) in [5, 5.41) is 12.1. The highest BCUT2D eigenvalue weighted by Gasteiger charge is 2.36. The minimum absolute atomic E-state index is 0.0924. The Morgan fingerprint density at radius 1 is 1.24 bits per heavy atom. The fraction of sp³-hybridized carbons (Fsp3) is 0.368. The monoisotopic (exact) mass is 359 g/mol. The number of carbonyl (C=O) groups is 2. The highest BCUT2D eigenvalue weighted by Crippen LogP contribution is 2.47. The van der Waals surface area contributed by atoms with Gasteiger partial charge < -0.3 is 14.8 Å². The fourth-order valence-corrected chi connectivity index (χ4v) is 3.60. The molecule has 1 heterocycles. The van der Waals surface area contributed by atoms with Crippen molar-refractivity contribution in [2.45, 2.75) is 36.8 Å². The average Bonchev–Trinajstić information content (AvgIpc) is 3.13. The van der Waals surface area contributed by atoms with E-state index in [-0.39, 0.29) is 11.5 Å². The lowest BCUT2D eigenvalue weighted by molar-refractivity contribution is 0.0694. The molecule has 0 atom stereocenters. The highest BCUT2D eigenvalue weighted by molar-refractivity contribution is 7.98. The molecular weight excluding hydrogens is 338 g/mol. The third-order valence-electron chi connectivity index (χ3n) is 4.58. The molecule has 1 aliphatic rings. The van der Waals surface area contributed by atoms with Crippen molar-refractivity contribution in [2.24, 2.45) is 5.41 Å². The van der Waals surface area contributed by atoms with Crippen LogP contribution in [-0.2, 0) is 5.75 Å². The van der Waals surface area contributed by atoms with E-state index in [1.807, 2.05) is 18.2 Å². The van der Waals surface area contributed by atoms with Crippen molar-refractivity contribution in [3.63, 3.8) is 0 Å². The van der Waals surface area contributed by atoms with Gasteiger partial charge in [-0.05, 0) is 42.9 Å². The van der Waals surface area contributed by atoms with Gasteiger partial charge in [0.05, 0.1) is 17.6 Å². The van der Waals surface area contributed by atoms with Gasteiger partial charge in [0.25, 0.3) is 5.91 Å². The Kier molecular flexibility index (Phi) is 5.18. The summed E-state index contributed by atoms with van der Waals surface area (Å²) in [6.45, 7) is 2.92. The van der Waals surface area contributed by atoms with Crippen LogP contribution in [-0.4, -0.2) is 23.5 Å². The molecule has 5 nitrogen and oxygen atoms in total. The predicted molar refractivity (Wildman–Crippen MR) is 96.0 cm³/mol. The van der Waals surface area contributed by atoms with Gasteiger partial charge in [0.1, 0.15) is 11.3 Å². The molecule has 1 aliphatic carbocycles. The summed E-state index contributed by atoms with van der Waals surface area (Å²) in [6, 6.07) is 8.79. The molecule has 0 spiro atoms. The molecule has 0 saturated heterocycles. The first-order valence-electron chi connectivity index (χ1n) is 8.28. The third kappa shape index (κ3) is 4.45. The number of carbonyl (C=O) groups excluding carboxylic acids is 1. The maximum atomic E-state index is 12.5. The zero-order chi connectivity index (χ0) is 17.9. The van der Waals surface area contributed by atoms with E-state index < -0.39 is 5.97 Å². The molecule has 2 aromatic rings. The number of amides is 1. The van der Waals surface area contributed by atoms with Crippen molar-refractivity contribution in [2.75, 3.05) is 6.54 Å². The molecule has 2 N–H and O–H groups in total. The number of carboxylic acids is 1. The third-order valence-corrected chi connectivity index (χ3v) is 5.66. The van der Waals surface area contributed by atoms with Crippen LogP contribution in [0.15, 0.2) is 45.9 Å². The second-order valence-corrected chi connectivity index (χ2v) is 7.68. The van der Waals surface area contributed by atoms with Gasteiger partial charge in [0.15, 0.2) is 0 Å². The Labute approximate surface area is 150 Å². The van der Waals surface area contributed by atoms with Crippen LogP contribution in [0.2, 0.25) is 0 Å². The Balaban J connectivity index is 1.62. The molecule has 1 aromatic heterocycles. The molecule has 1 amide bonds. The highest BCUT2D eigenvalue weighted by atomic mass is 32.2. The molecule has 25 heavy (non-hydrogen) atoms. The smallest absolute Gasteiger partial charge is 0.339 e. The second-order valence-electron chi connectivity index (χ2n) is 6.66. The zero-order valence-electron chi connectivity index (χ0n) is 14.1. The molecular formula is C19H21NO4S. The van der Waals surface area contributed by atoms with Crippen molar-refractivity contribution in [1.29, 1.82) is 0 Å². The van der Waals surface area contributed by atoms with Crippen LogP contribution in [0.1, 0.15) is 52.7 Å². The maximum absolute atomic E-state index is 12.5. The van der Waals surface area contributed by atoms with Gasteiger partial charge in [-0.2, -0.15) is 0 Å². The van der Waals surface area contributed by atoms with E-state index in [2.05, 4.69) is 12.2 Å². The van der Waals surface area contributed by atoms with E-state index in [1.165, 1.54) is 36.9 Å². The lowest BCUT2D eigenvalue weighted by Crippen LogP contribution is -2.26. The van der Waals surface area contributed by atoms with Crippen LogP contribution < -0.4 is 5.32 Å². The first-order chi connectivity index (χ1) is 12.0. The van der Waals surface area contributed by atoms with Crippen LogP contribution in [0, 0.1) is 5.41 Å². The van der Waals surface area contributed by atoms with E-state index in [4.69, 9.17) is 9.52 Å². The summed E-state index contributed by atoms with van der Waals surface area (Å²) in [6.07, 6.45) is 4.85. The van der Waals surface area contributed by atoms with Crippen LogP contribution in [0.5, 0.6) is 0 Å². The summed E-state index contributed by atoms with van der Waals surface area (Å²) in [4.78, 5) is 24.4. The Morgan fingerprint density at radius 3 is 2.72 bits per heavy atom. The van der Waals surface area contributed by atoms with E-state index in [0.717, 1.165) is 11.3 Å². The van der Waals surface area contributed by atoms with Gasteiger partial charge in [0.2, 0.25) is 0 Å². The molecule has 3 rings (SSSR count). The van der Waals surface area contributed by atoms with Crippen molar-refractivity contribution >= 4 is 23.6 Å². The minimum Gasteiger partial charge on any atom is -0.478 e. The van der Waals surface area contributed by atoms with Crippen molar-refractivity contribution < 1.29 is 19.1 Å². The number of benzene rings is 1. The number of aromatic carboxylic acids is 1. The molecule has 0 bridgehead atoms. The molecule has 1 fully saturated rings. The van der Waals surface area contributed by atoms with Crippen LogP contribution in [0.4, 0.5) is 0 Å². The minimum atomic E-state index is -1.01. The number of rotatable bonds is 8. The van der Waals surface area contributed by atoms with Gasteiger partial charge >= 0.3 is 5.97 Å². The Hall–Kier alpha value is -2.21. The number of carboxylic acid groups (broad SMARTS) is 1. The number of furan rings is 1. The normalized spacial score (nSPS) is 14.9. The zero-order valence-corrected chi connectivity index (χ0v) is 14.9. The number of nitrogens with one attached hydrogen (secondary N) is 1. The molecule has 0 aliphatic heterocycles. The number of hydrogen-bond acceptors (Lipinski definition) is 4. The van der Waals surface area contributed by atoms with Crippen molar-refractivity contribution in [3.05, 3.63) is 53.5 Å². The number of hydrogen-bond donors (Lipinski definition) is 2. The Morgan fingerprint density at radius 2 is 2.00 bits per heavy atom.